The van der Waals surface area contributed by atoms with Crippen LogP contribution in [0.1, 0.15) is 31.1 Å². The number of nitrogen functional groups attached to an aromatic ring is 1. The number of anilines is 2. The zero-order valence-corrected chi connectivity index (χ0v) is 10.7. The summed E-state index contributed by atoms with van der Waals surface area (Å²) in [6, 6.07) is 1.85. The van der Waals surface area contributed by atoms with E-state index in [1.807, 2.05) is 25.7 Å². The topological polar surface area (TPSA) is 68.5 Å². The summed E-state index contributed by atoms with van der Waals surface area (Å²) >= 11 is 0. The van der Waals surface area contributed by atoms with Gasteiger partial charge in [0.2, 0.25) is 0 Å². The van der Waals surface area contributed by atoms with Crippen molar-refractivity contribution in [3.8, 4) is 0 Å². The van der Waals surface area contributed by atoms with E-state index >= 15 is 0 Å². The van der Waals surface area contributed by atoms with Gasteiger partial charge in [-0.1, -0.05) is 0 Å². The predicted molar refractivity (Wildman–Crippen MR) is 68.1 cm³/mol. The van der Waals surface area contributed by atoms with Gasteiger partial charge in [-0.05, 0) is 26.8 Å². The molecule has 0 aromatic carbocycles. The second-order valence-corrected chi connectivity index (χ2v) is 4.01. The third-order valence-corrected chi connectivity index (χ3v) is 2.53. The van der Waals surface area contributed by atoms with Gasteiger partial charge < -0.3 is 15.4 Å². The van der Waals surface area contributed by atoms with E-state index in [-0.39, 0.29) is 6.04 Å². The molecule has 17 heavy (non-hydrogen) atoms. The Balaban J connectivity index is 3.26. The van der Waals surface area contributed by atoms with E-state index in [1.165, 1.54) is 7.11 Å². The normalized spacial score (nSPS) is 10.4. The van der Waals surface area contributed by atoms with Crippen molar-refractivity contribution in [3.63, 3.8) is 0 Å². The summed E-state index contributed by atoms with van der Waals surface area (Å²) in [7, 11) is 1.35. The van der Waals surface area contributed by atoms with Gasteiger partial charge in [-0.25, -0.2) is 9.78 Å². The Morgan fingerprint density at radius 2 is 2.24 bits per heavy atom. The van der Waals surface area contributed by atoms with E-state index < -0.39 is 5.97 Å². The maximum absolute atomic E-state index is 11.7. The molecule has 0 radical (unpaired) electrons. The number of nitrogens with zero attached hydrogens (tertiary/aromatic N) is 2. The zero-order valence-electron chi connectivity index (χ0n) is 10.7. The van der Waals surface area contributed by atoms with Crippen LogP contribution in [-0.2, 0) is 4.74 Å². The van der Waals surface area contributed by atoms with E-state index in [1.54, 1.807) is 12.3 Å². The first-order valence-corrected chi connectivity index (χ1v) is 5.61. The van der Waals surface area contributed by atoms with Crippen LogP contribution in [0.5, 0.6) is 0 Å². The van der Waals surface area contributed by atoms with Gasteiger partial charge >= 0.3 is 5.97 Å². The van der Waals surface area contributed by atoms with Crippen LogP contribution >= 0.6 is 0 Å². The minimum Gasteiger partial charge on any atom is -0.465 e. The van der Waals surface area contributed by atoms with Gasteiger partial charge in [0.1, 0.15) is 11.4 Å². The predicted octanol–water partition coefficient (Wildman–Crippen LogP) is 1.69. The average Bonchev–Trinajstić information content (AvgIpc) is 2.30. The largest absolute Gasteiger partial charge is 0.465 e. The summed E-state index contributed by atoms with van der Waals surface area (Å²) in [6.07, 6.45) is 1.55. The van der Waals surface area contributed by atoms with Crippen LogP contribution in [0, 0.1) is 0 Å². The standard InChI is InChI=1S/C12H19N3O2/c1-5-15(8(2)3)11-10(12(16)17-4)6-9(13)7-14-11/h6-8H,5,13H2,1-4H3. The molecule has 1 aromatic heterocycles. The molecule has 1 rings (SSSR count). The van der Waals surface area contributed by atoms with Crippen LogP contribution in [0.15, 0.2) is 12.3 Å². The SMILES string of the molecule is CCN(c1ncc(N)cc1C(=O)OC)C(C)C. The maximum atomic E-state index is 11.7. The highest BCUT2D eigenvalue weighted by Gasteiger charge is 2.19. The van der Waals surface area contributed by atoms with Gasteiger partial charge in [0.05, 0.1) is 19.0 Å². The molecule has 5 nitrogen and oxygen atoms in total. The molecular formula is C12H19N3O2. The highest BCUT2D eigenvalue weighted by Crippen LogP contribution is 2.22. The lowest BCUT2D eigenvalue weighted by molar-refractivity contribution is 0.0601. The Kier molecular flexibility index (Phi) is 4.31. The quantitative estimate of drug-likeness (QED) is 0.807. The Hall–Kier alpha value is -1.78. The fraction of sp³-hybridized carbons (Fsp3) is 0.500. The molecule has 0 aliphatic heterocycles. The third kappa shape index (κ3) is 2.87. The number of esters is 1. The maximum Gasteiger partial charge on any atom is 0.341 e. The van der Waals surface area contributed by atoms with Crippen LogP contribution in [0.25, 0.3) is 0 Å². The van der Waals surface area contributed by atoms with Crippen molar-refractivity contribution in [1.82, 2.24) is 4.98 Å². The van der Waals surface area contributed by atoms with Gasteiger partial charge in [-0.2, -0.15) is 0 Å². The first-order chi connectivity index (χ1) is 8.01. The van der Waals surface area contributed by atoms with Gasteiger partial charge in [0.15, 0.2) is 0 Å². The molecular weight excluding hydrogens is 218 g/mol. The second kappa shape index (κ2) is 5.52. The van der Waals surface area contributed by atoms with Crippen molar-refractivity contribution in [3.05, 3.63) is 17.8 Å². The number of rotatable bonds is 4. The van der Waals surface area contributed by atoms with Crippen LogP contribution in [0.4, 0.5) is 11.5 Å². The lowest BCUT2D eigenvalue weighted by atomic mass is 10.2. The fourth-order valence-corrected chi connectivity index (χ4v) is 1.72. The van der Waals surface area contributed by atoms with Crippen molar-refractivity contribution in [2.75, 3.05) is 24.3 Å². The molecule has 0 saturated carbocycles. The molecule has 94 valence electrons. The van der Waals surface area contributed by atoms with E-state index in [9.17, 15) is 4.79 Å². The lowest BCUT2D eigenvalue weighted by Gasteiger charge is -2.27. The molecule has 0 aliphatic rings. The number of carbonyl (C=O) groups is 1. The highest BCUT2D eigenvalue weighted by molar-refractivity contribution is 5.95. The van der Waals surface area contributed by atoms with E-state index in [0.717, 1.165) is 6.54 Å². The monoisotopic (exact) mass is 237 g/mol. The summed E-state index contributed by atoms with van der Waals surface area (Å²) in [5, 5.41) is 0. The number of aromatic nitrogens is 1. The molecule has 2 N–H and O–H groups in total. The van der Waals surface area contributed by atoms with Crippen LogP contribution in [0.3, 0.4) is 0 Å². The van der Waals surface area contributed by atoms with Gasteiger partial charge in [-0.15, -0.1) is 0 Å². The van der Waals surface area contributed by atoms with Crippen molar-refractivity contribution < 1.29 is 9.53 Å². The molecule has 0 fully saturated rings. The molecule has 5 heteroatoms. The van der Waals surface area contributed by atoms with Crippen molar-refractivity contribution in [2.45, 2.75) is 26.8 Å². The molecule has 0 bridgehead atoms. The van der Waals surface area contributed by atoms with E-state index in [0.29, 0.717) is 17.1 Å². The molecule has 1 aromatic rings. The number of hydrogen-bond acceptors (Lipinski definition) is 5. The first kappa shape index (κ1) is 13.3. The smallest absolute Gasteiger partial charge is 0.341 e. The van der Waals surface area contributed by atoms with Gasteiger partial charge in [0, 0.05) is 12.6 Å². The molecule has 0 amide bonds. The summed E-state index contributed by atoms with van der Waals surface area (Å²) in [4.78, 5) is 17.9. The van der Waals surface area contributed by atoms with Gasteiger partial charge in [-0.3, -0.25) is 0 Å². The van der Waals surface area contributed by atoms with Crippen LogP contribution in [-0.4, -0.2) is 30.6 Å². The summed E-state index contributed by atoms with van der Waals surface area (Å²) in [5.41, 5.74) is 6.51. The summed E-state index contributed by atoms with van der Waals surface area (Å²) in [6.45, 7) is 6.86. The second-order valence-electron chi connectivity index (χ2n) is 4.01. The number of carbonyl (C=O) groups excluding carboxylic acids is 1. The van der Waals surface area contributed by atoms with Crippen molar-refractivity contribution in [1.29, 1.82) is 0 Å². The summed E-state index contributed by atoms with van der Waals surface area (Å²) < 4.78 is 4.75. The number of ether oxygens (including phenoxy) is 1. The molecule has 0 saturated heterocycles. The van der Waals surface area contributed by atoms with Crippen molar-refractivity contribution >= 4 is 17.5 Å². The Morgan fingerprint density at radius 3 is 2.71 bits per heavy atom. The minimum atomic E-state index is -0.418. The molecule has 0 spiro atoms. The van der Waals surface area contributed by atoms with Crippen LogP contribution in [0.2, 0.25) is 0 Å². The molecule has 0 aliphatic carbocycles. The highest BCUT2D eigenvalue weighted by atomic mass is 16.5. The van der Waals surface area contributed by atoms with E-state index in [2.05, 4.69) is 4.98 Å². The lowest BCUT2D eigenvalue weighted by Crippen LogP contribution is -2.32. The first-order valence-electron chi connectivity index (χ1n) is 5.61. The number of hydrogen-bond donors (Lipinski definition) is 1. The number of nitrogens with two attached hydrogens (primary N) is 1. The third-order valence-electron chi connectivity index (χ3n) is 2.53. The fourth-order valence-electron chi connectivity index (χ4n) is 1.72. The minimum absolute atomic E-state index is 0.250. The Bertz CT molecular complexity index is 405. The van der Waals surface area contributed by atoms with Crippen LogP contribution < -0.4 is 10.6 Å². The van der Waals surface area contributed by atoms with Gasteiger partial charge in [0.25, 0.3) is 0 Å². The Morgan fingerprint density at radius 1 is 1.59 bits per heavy atom. The zero-order chi connectivity index (χ0) is 13.0. The Labute approximate surface area is 102 Å². The number of methoxy groups -OCH3 is 1. The molecule has 0 unspecified atom stereocenters. The summed E-state index contributed by atoms with van der Waals surface area (Å²) in [5.74, 6) is 0.197. The van der Waals surface area contributed by atoms with E-state index in [4.69, 9.17) is 10.5 Å². The average molecular weight is 237 g/mol. The number of pyridine rings is 1. The molecule has 1 heterocycles. The van der Waals surface area contributed by atoms with Crippen molar-refractivity contribution in [2.24, 2.45) is 0 Å². The molecule has 0 atom stereocenters.